The summed E-state index contributed by atoms with van der Waals surface area (Å²) in [7, 11) is 0. The molecular weight excluding hydrogens is 237 g/mol. The van der Waals surface area contributed by atoms with Crippen LogP contribution in [0.5, 0.6) is 0 Å². The molecule has 1 atom stereocenters. The Hall–Kier alpha value is -1.03. The number of hydrogen-bond donors (Lipinski definition) is 1. The molecule has 0 aliphatic heterocycles. The molecule has 2 nitrogen and oxygen atoms in total. The van der Waals surface area contributed by atoms with Crippen LogP contribution in [0.25, 0.3) is 0 Å². The van der Waals surface area contributed by atoms with Gasteiger partial charge in [0.2, 0.25) is 5.91 Å². The Morgan fingerprint density at radius 2 is 2.06 bits per heavy atom. The highest BCUT2D eigenvalue weighted by molar-refractivity contribution is 8.00. The number of benzene rings is 1. The lowest BCUT2D eigenvalue weighted by Gasteiger charge is -2.11. The van der Waals surface area contributed by atoms with Crippen molar-refractivity contribution < 1.29 is 9.18 Å². The topological polar surface area (TPSA) is 29.1 Å². The van der Waals surface area contributed by atoms with Gasteiger partial charge < -0.3 is 5.32 Å². The molecule has 0 bridgehead atoms. The van der Waals surface area contributed by atoms with E-state index >= 15 is 0 Å². The summed E-state index contributed by atoms with van der Waals surface area (Å²) in [6.07, 6.45) is 2.26. The molecule has 0 saturated heterocycles. The van der Waals surface area contributed by atoms with Crippen LogP contribution in [0.3, 0.4) is 0 Å². The van der Waals surface area contributed by atoms with Crippen molar-refractivity contribution in [3.63, 3.8) is 0 Å². The largest absolute Gasteiger partial charge is 0.325 e. The number of halogens is 1. The number of amides is 1. The van der Waals surface area contributed by atoms with Crippen LogP contribution in [0.1, 0.15) is 26.7 Å². The molecule has 0 aliphatic carbocycles. The Kier molecular flexibility index (Phi) is 6.05. The van der Waals surface area contributed by atoms with Crippen molar-refractivity contribution in [2.24, 2.45) is 0 Å². The van der Waals surface area contributed by atoms with Crippen molar-refractivity contribution in [3.8, 4) is 0 Å². The number of carbonyl (C=O) groups excluding carboxylic acids is 1. The van der Waals surface area contributed by atoms with Gasteiger partial charge in [-0.15, -0.1) is 11.8 Å². The first-order valence-electron chi connectivity index (χ1n) is 5.81. The molecule has 0 saturated carbocycles. The highest BCUT2D eigenvalue weighted by Crippen LogP contribution is 2.15. The first-order valence-corrected chi connectivity index (χ1v) is 6.86. The second-order valence-electron chi connectivity index (χ2n) is 3.86. The minimum absolute atomic E-state index is 0.0299. The van der Waals surface area contributed by atoms with E-state index in [4.69, 9.17) is 0 Å². The zero-order chi connectivity index (χ0) is 12.7. The maximum atomic E-state index is 12.7. The van der Waals surface area contributed by atoms with Crippen LogP contribution in [-0.4, -0.2) is 16.9 Å². The molecule has 1 aromatic rings. The minimum atomic E-state index is -0.298. The number of hydrogen-bond acceptors (Lipinski definition) is 2. The number of nitrogens with one attached hydrogen (secondary N) is 1. The van der Waals surface area contributed by atoms with Gasteiger partial charge in [-0.05, 0) is 43.4 Å². The molecule has 94 valence electrons. The molecule has 1 unspecified atom stereocenters. The Labute approximate surface area is 106 Å². The van der Waals surface area contributed by atoms with Crippen molar-refractivity contribution in [1.29, 1.82) is 0 Å². The molecule has 1 N–H and O–H groups in total. The molecule has 0 heterocycles. The van der Waals surface area contributed by atoms with E-state index in [1.165, 1.54) is 12.1 Å². The summed E-state index contributed by atoms with van der Waals surface area (Å²) in [5.41, 5.74) is 0.638. The van der Waals surface area contributed by atoms with Gasteiger partial charge in [0.25, 0.3) is 0 Å². The lowest BCUT2D eigenvalue weighted by atomic mass is 10.3. The van der Waals surface area contributed by atoms with Gasteiger partial charge in [-0.3, -0.25) is 4.79 Å². The van der Waals surface area contributed by atoms with E-state index in [1.807, 2.05) is 6.92 Å². The van der Waals surface area contributed by atoms with Gasteiger partial charge in [-0.1, -0.05) is 13.3 Å². The Morgan fingerprint density at radius 3 is 2.65 bits per heavy atom. The lowest BCUT2D eigenvalue weighted by Crippen LogP contribution is -2.22. The zero-order valence-electron chi connectivity index (χ0n) is 10.2. The quantitative estimate of drug-likeness (QED) is 0.785. The smallest absolute Gasteiger partial charge is 0.237 e. The molecule has 0 radical (unpaired) electrons. The number of anilines is 1. The summed E-state index contributed by atoms with van der Waals surface area (Å²) < 4.78 is 12.7. The minimum Gasteiger partial charge on any atom is -0.325 e. The summed E-state index contributed by atoms with van der Waals surface area (Å²) in [6, 6.07) is 5.81. The third-order valence-electron chi connectivity index (χ3n) is 2.35. The van der Waals surface area contributed by atoms with Crippen molar-refractivity contribution >= 4 is 23.4 Å². The molecule has 1 aromatic carbocycles. The molecular formula is C13H18FNOS. The second kappa shape index (κ2) is 7.33. The zero-order valence-corrected chi connectivity index (χ0v) is 11.0. The number of unbranched alkanes of at least 4 members (excludes halogenated alkanes) is 1. The first-order chi connectivity index (χ1) is 8.13. The van der Waals surface area contributed by atoms with E-state index in [0.29, 0.717) is 5.69 Å². The Morgan fingerprint density at radius 1 is 1.41 bits per heavy atom. The maximum absolute atomic E-state index is 12.7. The van der Waals surface area contributed by atoms with Crippen LogP contribution in [-0.2, 0) is 4.79 Å². The molecule has 4 heteroatoms. The average molecular weight is 255 g/mol. The van der Waals surface area contributed by atoms with Gasteiger partial charge in [0.1, 0.15) is 5.82 Å². The standard InChI is InChI=1S/C13H18FNOS/c1-3-4-9-17-10(2)13(16)15-12-7-5-11(14)6-8-12/h5-8,10H,3-4,9H2,1-2H3,(H,15,16). The van der Waals surface area contributed by atoms with E-state index in [0.717, 1.165) is 18.6 Å². The highest BCUT2D eigenvalue weighted by Gasteiger charge is 2.12. The maximum Gasteiger partial charge on any atom is 0.237 e. The predicted octanol–water partition coefficient (Wildman–Crippen LogP) is 3.69. The molecule has 1 amide bonds. The van der Waals surface area contributed by atoms with Crippen LogP contribution >= 0.6 is 11.8 Å². The van der Waals surface area contributed by atoms with E-state index < -0.39 is 0 Å². The van der Waals surface area contributed by atoms with Crippen LogP contribution in [0.15, 0.2) is 24.3 Å². The fourth-order valence-corrected chi connectivity index (χ4v) is 2.28. The summed E-state index contributed by atoms with van der Waals surface area (Å²) in [6.45, 7) is 4.02. The predicted molar refractivity (Wildman–Crippen MR) is 71.9 cm³/mol. The van der Waals surface area contributed by atoms with Gasteiger partial charge >= 0.3 is 0 Å². The van der Waals surface area contributed by atoms with Gasteiger partial charge in [-0.25, -0.2) is 4.39 Å². The third-order valence-corrected chi connectivity index (χ3v) is 3.59. The van der Waals surface area contributed by atoms with Gasteiger partial charge in [0, 0.05) is 5.69 Å². The van der Waals surface area contributed by atoms with E-state index in [1.54, 1.807) is 23.9 Å². The van der Waals surface area contributed by atoms with E-state index in [9.17, 15) is 9.18 Å². The van der Waals surface area contributed by atoms with Crippen LogP contribution in [0, 0.1) is 5.82 Å². The molecule has 0 fully saturated rings. The molecule has 17 heavy (non-hydrogen) atoms. The van der Waals surface area contributed by atoms with Crippen LogP contribution in [0.2, 0.25) is 0 Å². The normalized spacial score (nSPS) is 12.2. The van der Waals surface area contributed by atoms with Gasteiger partial charge in [0.15, 0.2) is 0 Å². The summed E-state index contributed by atoms with van der Waals surface area (Å²) in [4.78, 5) is 11.8. The van der Waals surface area contributed by atoms with Crippen LogP contribution < -0.4 is 5.32 Å². The summed E-state index contributed by atoms with van der Waals surface area (Å²) >= 11 is 1.65. The van der Waals surface area contributed by atoms with Gasteiger partial charge in [-0.2, -0.15) is 0 Å². The fraction of sp³-hybridized carbons (Fsp3) is 0.462. The van der Waals surface area contributed by atoms with Crippen molar-refractivity contribution in [2.75, 3.05) is 11.1 Å². The molecule has 0 spiro atoms. The third kappa shape index (κ3) is 5.22. The Balaban J connectivity index is 2.40. The van der Waals surface area contributed by atoms with Crippen LogP contribution in [0.4, 0.5) is 10.1 Å². The SMILES string of the molecule is CCCCSC(C)C(=O)Nc1ccc(F)cc1. The monoisotopic (exact) mass is 255 g/mol. The van der Waals surface area contributed by atoms with E-state index in [-0.39, 0.29) is 17.0 Å². The number of carbonyl (C=O) groups is 1. The van der Waals surface area contributed by atoms with Crippen molar-refractivity contribution in [2.45, 2.75) is 31.9 Å². The van der Waals surface area contributed by atoms with E-state index in [2.05, 4.69) is 12.2 Å². The number of rotatable bonds is 6. The van der Waals surface area contributed by atoms with Gasteiger partial charge in [0.05, 0.1) is 5.25 Å². The number of thioether (sulfide) groups is 1. The molecule has 1 rings (SSSR count). The lowest BCUT2D eigenvalue weighted by molar-refractivity contribution is -0.115. The Bertz CT molecular complexity index is 353. The van der Waals surface area contributed by atoms with Crippen molar-refractivity contribution in [1.82, 2.24) is 0 Å². The van der Waals surface area contributed by atoms with Crippen molar-refractivity contribution in [3.05, 3.63) is 30.1 Å². The first kappa shape index (κ1) is 14.0. The molecule has 0 aliphatic rings. The summed E-state index contributed by atoms with van der Waals surface area (Å²) in [5.74, 6) is 0.667. The average Bonchev–Trinajstić information content (AvgIpc) is 2.32. The summed E-state index contributed by atoms with van der Waals surface area (Å²) in [5, 5.41) is 2.69. The highest BCUT2D eigenvalue weighted by atomic mass is 32.2. The fourth-order valence-electron chi connectivity index (χ4n) is 1.26. The molecule has 0 aromatic heterocycles. The second-order valence-corrected chi connectivity index (χ2v) is 5.31.